The van der Waals surface area contributed by atoms with Crippen LogP contribution in [0.15, 0.2) is 61.2 Å². The first-order valence-corrected chi connectivity index (χ1v) is 24.3. The molecule has 0 saturated carbocycles. The van der Waals surface area contributed by atoms with E-state index in [4.69, 9.17) is 64.4 Å². The fourth-order valence-corrected chi connectivity index (χ4v) is 7.41. The number of halogens is 11. The van der Waals surface area contributed by atoms with Crippen molar-refractivity contribution in [3.63, 3.8) is 0 Å². The van der Waals surface area contributed by atoms with Gasteiger partial charge in [0.15, 0.2) is 14.9 Å². The molecule has 0 amide bonds. The van der Waals surface area contributed by atoms with Crippen molar-refractivity contribution in [2.75, 3.05) is 18.1 Å². The second-order valence-electron chi connectivity index (χ2n) is 8.38. The maximum atomic E-state index is 9.31. The van der Waals surface area contributed by atoms with Crippen molar-refractivity contribution in [2.45, 2.75) is 20.3 Å². The van der Waals surface area contributed by atoms with Gasteiger partial charge in [-0.15, -0.1) is 16.2 Å². The number of rotatable bonds is 4. The molecule has 0 aliphatic carbocycles. The molecule has 4 N–H and O–H groups in total. The molecule has 0 saturated heterocycles. The molecule has 275 valence electrons. The molecule has 0 bridgehead atoms. The summed E-state index contributed by atoms with van der Waals surface area (Å²) in [5, 5.41) is 4.65. The van der Waals surface area contributed by atoms with E-state index in [0.29, 0.717) is 42.9 Å². The molecule has 0 radical (unpaired) electrons. The Labute approximate surface area is 422 Å². The maximum absolute atomic E-state index is 9.31. The third kappa shape index (κ3) is 26.3. The predicted molar refractivity (Wildman–Crippen MR) is 232 cm³/mol. The predicted octanol–water partition coefficient (Wildman–Crippen LogP) is 12.5. The standard InChI is InChI=1S/C7H2BrCl2NS.C7H4BrClN2S.C6H5BrClN.C5H11NO2.CNS.Br2.2ClH.Cu.K/c2*8-3-1-4(9)6-5(2-3)12-7(10)11-6;7-4-1-2-6(9)5(8)3-4;1-5(2)3-4-8-6-7;1-2-3;1-2;;;;/h1-2H;1-2H,(H2,10,11);1-3H,9H2;5H,3-4H2,1-2H3;;;2*1H;;/q;;;;-1;;;;+2;+1/p-2. The Bertz CT molecular complexity index is 1660. The van der Waals surface area contributed by atoms with E-state index in [1.54, 1.807) is 18.2 Å². The third-order valence-electron chi connectivity index (χ3n) is 4.62. The van der Waals surface area contributed by atoms with Gasteiger partial charge < -0.3 is 33.4 Å². The average Bonchev–Trinajstić information content (AvgIpc) is 3.59. The smallest absolute Gasteiger partial charge is 1.00 e. The summed E-state index contributed by atoms with van der Waals surface area (Å²) in [7, 11) is 9.34. The first-order chi connectivity index (χ1) is 23.1. The van der Waals surface area contributed by atoms with Crippen molar-refractivity contribution in [1.82, 2.24) is 9.97 Å². The fraction of sp³-hybridized carbons (Fsp3) is 0.192. The molecule has 24 heteroatoms. The zero-order valence-corrected chi connectivity index (χ0v) is 44.5. The third-order valence-corrected chi connectivity index (χ3v) is 8.87. The average molecular weight is 1260 g/mol. The van der Waals surface area contributed by atoms with Gasteiger partial charge in [0.2, 0.25) is 0 Å². The second kappa shape index (κ2) is 34.7. The van der Waals surface area contributed by atoms with Crippen LogP contribution >= 0.6 is 165 Å². The Hall–Kier alpha value is 2.45. The van der Waals surface area contributed by atoms with Crippen LogP contribution < -0.4 is 62.9 Å². The number of hydrogen-bond donors (Lipinski definition) is 2. The van der Waals surface area contributed by atoms with Crippen molar-refractivity contribution in [3.8, 4) is 0 Å². The van der Waals surface area contributed by atoms with E-state index < -0.39 is 0 Å². The van der Waals surface area contributed by atoms with E-state index in [0.717, 1.165) is 53.4 Å². The number of nitrogen functional groups attached to an aromatic ring is 2. The Kier molecular flexibility index (Phi) is 39.4. The monoisotopic (exact) mass is 1250 g/mol. The van der Waals surface area contributed by atoms with Gasteiger partial charge >= 0.3 is 84.7 Å². The normalized spacial score (nSPS) is 9.14. The number of benzene rings is 3. The summed E-state index contributed by atoms with van der Waals surface area (Å²) in [5.41, 5.74) is 13.1. The van der Waals surface area contributed by atoms with Crippen molar-refractivity contribution in [2.24, 2.45) is 11.3 Å². The summed E-state index contributed by atoms with van der Waals surface area (Å²) in [6.07, 6.45) is 0.895. The Morgan fingerprint density at radius 3 is 1.76 bits per heavy atom. The van der Waals surface area contributed by atoms with Gasteiger partial charge in [0.05, 0.1) is 30.2 Å². The van der Waals surface area contributed by atoms with E-state index in [2.05, 4.69) is 147 Å². The van der Waals surface area contributed by atoms with E-state index in [1.165, 1.54) is 22.7 Å². The van der Waals surface area contributed by atoms with E-state index >= 15 is 0 Å². The number of fused-ring (bicyclic) bond motifs is 2. The SMILES string of the molecule is BrBr.CC(C)CCON=O.Clc1nc2c(Cl)cc(Br)cc2s1.Nc1ccc(Br)cc1Cl.Nc1nc2c(Cl)cc(Br)cc2s1.[C-]#[N+][S-].[Cl][Cu][Cl].[K+]. The van der Waals surface area contributed by atoms with Crippen LogP contribution in [0.2, 0.25) is 19.5 Å². The molecule has 0 unspecified atom stereocenters. The molecule has 2 heterocycles. The fourth-order valence-electron chi connectivity index (χ4n) is 2.73. The summed E-state index contributed by atoms with van der Waals surface area (Å²) in [6.45, 7) is 10.2. The molecule has 0 spiro atoms. The second-order valence-corrected chi connectivity index (χ2v) is 16.8. The molecule has 5 aromatic rings. The molecule has 8 nitrogen and oxygen atoms in total. The Morgan fingerprint density at radius 2 is 1.34 bits per heavy atom. The number of aromatic nitrogens is 2. The minimum absolute atomic E-state index is 0. The van der Waals surface area contributed by atoms with Gasteiger partial charge in [0, 0.05) is 41.7 Å². The molecular weight excluding hydrogens is 1240 g/mol. The quantitative estimate of drug-likeness (QED) is 0.0350. The van der Waals surface area contributed by atoms with Gasteiger partial charge in [-0.05, 0) is 54.8 Å². The molecule has 5 rings (SSSR count). The minimum atomic E-state index is 0. The zero-order chi connectivity index (χ0) is 38.1. The van der Waals surface area contributed by atoms with Gasteiger partial charge in [-0.3, -0.25) is 6.57 Å². The first kappa shape index (κ1) is 56.8. The van der Waals surface area contributed by atoms with E-state index in [-0.39, 0.29) is 51.4 Å². The van der Waals surface area contributed by atoms with Gasteiger partial charge in [0.25, 0.3) is 0 Å². The minimum Gasteiger partial charge on any atom is 1.00 e. The van der Waals surface area contributed by atoms with Gasteiger partial charge in [-0.2, -0.15) is 0 Å². The number of nitrogens with two attached hydrogens (primary N) is 2. The molecule has 0 aliphatic heterocycles. The summed E-state index contributed by atoms with van der Waals surface area (Å²) in [6, 6.07) is 12.9. The van der Waals surface area contributed by atoms with Crippen LogP contribution in [-0.4, -0.2) is 16.6 Å². The number of nitrogens with zero attached hydrogens (tertiary/aromatic N) is 4. The summed E-state index contributed by atoms with van der Waals surface area (Å²) in [4.78, 5) is 21.7. The van der Waals surface area contributed by atoms with Crippen molar-refractivity contribution >= 4 is 209 Å². The van der Waals surface area contributed by atoms with Crippen molar-refractivity contribution < 1.29 is 69.4 Å². The van der Waals surface area contributed by atoms with Gasteiger partial charge in [-0.25, -0.2) is 9.97 Å². The molecule has 50 heavy (non-hydrogen) atoms. The Morgan fingerprint density at radius 1 is 0.900 bits per heavy atom. The van der Waals surface area contributed by atoms with Crippen molar-refractivity contribution in [3.05, 3.63) is 91.1 Å². The van der Waals surface area contributed by atoms with Crippen LogP contribution in [-0.2, 0) is 30.8 Å². The maximum Gasteiger partial charge on any atom is 1.00 e. The largest absolute Gasteiger partial charge is 1.00 e. The van der Waals surface area contributed by atoms with E-state index in [9.17, 15) is 4.91 Å². The first-order valence-electron chi connectivity index (χ1n) is 12.2. The number of thiazole rings is 2. The molecule has 0 aliphatic rings. The summed E-state index contributed by atoms with van der Waals surface area (Å²) < 4.78 is 7.70. The van der Waals surface area contributed by atoms with Crippen LogP contribution in [0.5, 0.6) is 0 Å². The van der Waals surface area contributed by atoms with Crippen LogP contribution in [0.4, 0.5) is 10.8 Å². The van der Waals surface area contributed by atoms with Crippen LogP contribution in [0, 0.1) is 17.4 Å². The molecule has 3 aromatic carbocycles. The molecular formula is C26H22Br5Cl6CuKN6O2S3. The van der Waals surface area contributed by atoms with Crippen LogP contribution in [0.3, 0.4) is 0 Å². The molecule has 2 aromatic heterocycles. The molecule has 0 fully saturated rings. The number of anilines is 2. The zero-order valence-electron chi connectivity index (χ0n) is 25.5. The van der Waals surface area contributed by atoms with E-state index in [1.807, 2.05) is 24.3 Å². The van der Waals surface area contributed by atoms with Gasteiger partial charge in [0.1, 0.15) is 17.6 Å². The Balaban J connectivity index is -0.000000553. The molecule has 0 atom stereocenters. The van der Waals surface area contributed by atoms with Crippen LogP contribution in [0.1, 0.15) is 20.3 Å². The van der Waals surface area contributed by atoms with Crippen molar-refractivity contribution in [1.29, 1.82) is 0 Å². The summed E-state index contributed by atoms with van der Waals surface area (Å²) >= 11 is 46.0. The topological polar surface area (TPSA) is 121 Å². The number of hydrogen-bond acceptors (Lipinski definition) is 10. The van der Waals surface area contributed by atoms with Gasteiger partial charge in [-0.1, -0.05) is 119 Å². The summed E-state index contributed by atoms with van der Waals surface area (Å²) in [5.74, 6) is 0.580. The van der Waals surface area contributed by atoms with Crippen LogP contribution in [0.25, 0.3) is 24.7 Å².